The molecule has 1 saturated carbocycles. The predicted octanol–water partition coefficient (Wildman–Crippen LogP) is 0.229. The van der Waals surface area contributed by atoms with Gasteiger partial charge in [-0.15, -0.1) is 0 Å². The number of hydroxylamine groups is 2. The van der Waals surface area contributed by atoms with Gasteiger partial charge in [0, 0.05) is 0 Å². The zero-order chi connectivity index (χ0) is 4.57. The summed E-state index contributed by atoms with van der Waals surface area (Å²) >= 11 is 0. The molecule has 0 amide bonds. The van der Waals surface area contributed by atoms with Crippen LogP contribution in [0.3, 0.4) is 0 Å². The highest BCUT2D eigenvalue weighted by molar-refractivity contribution is 4.75. The Kier molecular flexibility index (Phi) is 0.799. The van der Waals surface area contributed by atoms with E-state index in [1.807, 2.05) is 0 Å². The van der Waals surface area contributed by atoms with E-state index in [0.29, 0.717) is 0 Å². The van der Waals surface area contributed by atoms with Crippen molar-refractivity contribution in [3.63, 3.8) is 0 Å². The van der Waals surface area contributed by atoms with Gasteiger partial charge in [0.05, 0.1) is 6.04 Å². The first kappa shape index (κ1) is 4.05. The van der Waals surface area contributed by atoms with Crippen LogP contribution in [0.4, 0.5) is 0 Å². The monoisotopic (exact) mass is 89.0 g/mol. The lowest BCUT2D eigenvalue weighted by molar-refractivity contribution is -0.314. The molecule has 0 heterocycles. The van der Waals surface area contributed by atoms with E-state index in [0.717, 1.165) is 12.8 Å². The van der Waals surface area contributed by atoms with E-state index in [1.54, 1.807) is 0 Å². The summed E-state index contributed by atoms with van der Waals surface area (Å²) in [5.74, 6) is 0. The molecular formula is C3H7NO2. The van der Waals surface area contributed by atoms with Crippen LogP contribution >= 0.6 is 0 Å². The van der Waals surface area contributed by atoms with E-state index in [4.69, 9.17) is 10.4 Å². The summed E-state index contributed by atoms with van der Waals surface area (Å²) in [6.07, 6.45) is 1.85. The predicted molar refractivity (Wildman–Crippen MR) is 18.4 cm³/mol. The normalized spacial score (nSPS) is 22.5. The zero-order valence-electron chi connectivity index (χ0n) is 3.33. The van der Waals surface area contributed by atoms with Crippen LogP contribution in [0.5, 0.6) is 0 Å². The molecule has 1 rings (SSSR count). The molecule has 2 N–H and O–H groups in total. The summed E-state index contributed by atoms with van der Waals surface area (Å²) < 4.78 is 0. The average Bonchev–Trinajstić information content (AvgIpc) is 2.06. The Morgan fingerprint density at radius 3 is 1.83 bits per heavy atom. The van der Waals surface area contributed by atoms with Crippen LogP contribution in [0.15, 0.2) is 0 Å². The maximum atomic E-state index is 8.08. The van der Waals surface area contributed by atoms with Crippen molar-refractivity contribution in [3.05, 3.63) is 0 Å². The van der Waals surface area contributed by atoms with Gasteiger partial charge in [0.1, 0.15) is 0 Å². The van der Waals surface area contributed by atoms with Crippen LogP contribution in [0, 0.1) is 0 Å². The maximum absolute atomic E-state index is 8.08. The summed E-state index contributed by atoms with van der Waals surface area (Å²) in [6, 6.07) is 0.0463. The van der Waals surface area contributed by atoms with Crippen molar-refractivity contribution < 1.29 is 10.4 Å². The summed E-state index contributed by atoms with van der Waals surface area (Å²) in [5.41, 5.74) is 0. The highest BCUT2D eigenvalue weighted by Crippen LogP contribution is 2.22. The minimum atomic E-state index is 0.0463. The lowest BCUT2D eigenvalue weighted by Crippen LogP contribution is -2.15. The first-order valence-electron chi connectivity index (χ1n) is 1.97. The third kappa shape index (κ3) is 0.680. The minimum absolute atomic E-state index is 0.0463. The molecule has 6 heavy (non-hydrogen) atoms. The molecule has 1 aliphatic rings. The van der Waals surface area contributed by atoms with Gasteiger partial charge < -0.3 is 0 Å². The topological polar surface area (TPSA) is 43.7 Å². The Morgan fingerprint density at radius 2 is 1.83 bits per heavy atom. The van der Waals surface area contributed by atoms with E-state index in [1.165, 1.54) is 0 Å². The van der Waals surface area contributed by atoms with Gasteiger partial charge in [-0.25, -0.2) is 0 Å². The van der Waals surface area contributed by atoms with Crippen molar-refractivity contribution in [2.24, 2.45) is 0 Å². The summed E-state index contributed by atoms with van der Waals surface area (Å²) in [6.45, 7) is 0. The van der Waals surface area contributed by atoms with Gasteiger partial charge in [-0.05, 0) is 12.8 Å². The molecular weight excluding hydrogens is 82.0 g/mol. The van der Waals surface area contributed by atoms with Crippen molar-refractivity contribution in [1.82, 2.24) is 5.23 Å². The molecule has 0 aromatic heterocycles. The Labute approximate surface area is 35.7 Å². The van der Waals surface area contributed by atoms with E-state index >= 15 is 0 Å². The third-order valence-corrected chi connectivity index (χ3v) is 0.873. The molecule has 0 aromatic carbocycles. The molecule has 0 aliphatic heterocycles. The van der Waals surface area contributed by atoms with Gasteiger partial charge in [-0.1, -0.05) is 5.23 Å². The fourth-order valence-corrected chi connectivity index (χ4v) is 0.305. The third-order valence-electron chi connectivity index (χ3n) is 0.873. The second kappa shape index (κ2) is 1.18. The van der Waals surface area contributed by atoms with Crippen LogP contribution in [-0.2, 0) is 0 Å². The van der Waals surface area contributed by atoms with Gasteiger partial charge >= 0.3 is 0 Å². The second-order valence-corrected chi connectivity index (χ2v) is 1.55. The highest BCUT2D eigenvalue weighted by Gasteiger charge is 2.26. The minimum Gasteiger partial charge on any atom is -0.289 e. The number of nitrogens with zero attached hydrogens (tertiary/aromatic N) is 1. The Hall–Kier alpha value is -0.120. The number of rotatable bonds is 1. The van der Waals surface area contributed by atoms with Crippen molar-refractivity contribution in [2.45, 2.75) is 18.9 Å². The van der Waals surface area contributed by atoms with Crippen LogP contribution in [0.25, 0.3) is 0 Å². The molecule has 3 heteroatoms. The lowest BCUT2D eigenvalue weighted by atomic mass is 10.8. The van der Waals surface area contributed by atoms with E-state index < -0.39 is 0 Å². The maximum Gasteiger partial charge on any atom is 0.0625 e. The van der Waals surface area contributed by atoms with Crippen LogP contribution in [-0.4, -0.2) is 21.7 Å². The van der Waals surface area contributed by atoms with Crippen molar-refractivity contribution in [2.75, 3.05) is 0 Å². The second-order valence-electron chi connectivity index (χ2n) is 1.55. The Bertz CT molecular complexity index is 50.8. The molecule has 3 nitrogen and oxygen atoms in total. The number of hydrogen-bond donors (Lipinski definition) is 2. The van der Waals surface area contributed by atoms with Crippen molar-refractivity contribution in [1.29, 1.82) is 0 Å². The van der Waals surface area contributed by atoms with Gasteiger partial charge in [0.2, 0.25) is 0 Å². The fraction of sp³-hybridized carbons (Fsp3) is 1.00. The molecule has 0 spiro atoms. The summed E-state index contributed by atoms with van der Waals surface area (Å²) in [7, 11) is 0. The quantitative estimate of drug-likeness (QED) is 0.452. The van der Waals surface area contributed by atoms with Gasteiger partial charge in [-0.3, -0.25) is 10.4 Å². The average molecular weight is 89.1 g/mol. The van der Waals surface area contributed by atoms with Gasteiger partial charge in [0.25, 0.3) is 0 Å². The zero-order valence-corrected chi connectivity index (χ0v) is 3.33. The van der Waals surface area contributed by atoms with Crippen molar-refractivity contribution in [3.8, 4) is 0 Å². The van der Waals surface area contributed by atoms with E-state index in [9.17, 15) is 0 Å². The molecule has 0 radical (unpaired) electrons. The summed E-state index contributed by atoms with van der Waals surface area (Å²) in [4.78, 5) is 0. The van der Waals surface area contributed by atoms with E-state index in [2.05, 4.69) is 0 Å². The highest BCUT2D eigenvalue weighted by atomic mass is 16.8. The fourth-order valence-electron chi connectivity index (χ4n) is 0.305. The molecule has 0 aromatic rings. The first-order valence-corrected chi connectivity index (χ1v) is 1.97. The standard InChI is InChI=1S/C3H7NO2/c5-4(6)3-1-2-3/h3,5-6H,1-2H2. The molecule has 0 saturated heterocycles. The van der Waals surface area contributed by atoms with E-state index in [-0.39, 0.29) is 11.3 Å². The Morgan fingerprint density at radius 1 is 1.33 bits per heavy atom. The molecule has 1 aliphatic carbocycles. The molecule has 0 bridgehead atoms. The van der Waals surface area contributed by atoms with Gasteiger partial charge in [-0.2, -0.15) is 0 Å². The number of hydrogen-bond acceptors (Lipinski definition) is 3. The Balaban J connectivity index is 2.13. The van der Waals surface area contributed by atoms with Crippen LogP contribution in [0.2, 0.25) is 0 Å². The van der Waals surface area contributed by atoms with Crippen LogP contribution < -0.4 is 0 Å². The molecule has 1 fully saturated rings. The van der Waals surface area contributed by atoms with Crippen LogP contribution in [0.1, 0.15) is 12.8 Å². The molecule has 0 unspecified atom stereocenters. The molecule has 0 atom stereocenters. The lowest BCUT2D eigenvalue weighted by Gasteiger charge is -1.98. The van der Waals surface area contributed by atoms with Crippen molar-refractivity contribution >= 4 is 0 Å². The largest absolute Gasteiger partial charge is 0.289 e. The SMILES string of the molecule is ON(O)C1CC1. The summed E-state index contributed by atoms with van der Waals surface area (Å²) in [5, 5.41) is 16.4. The smallest absolute Gasteiger partial charge is 0.0625 e. The van der Waals surface area contributed by atoms with Gasteiger partial charge in [0.15, 0.2) is 0 Å². The molecule has 36 valence electrons. The first-order chi connectivity index (χ1) is 2.80.